The minimum atomic E-state index is 0.102. The van der Waals surface area contributed by atoms with Crippen LogP contribution in [-0.4, -0.2) is 38.1 Å². The number of nitrogens with zero attached hydrogens (tertiary/aromatic N) is 3. The molecule has 1 N–H and O–H groups in total. The van der Waals surface area contributed by atoms with Gasteiger partial charge in [0.25, 0.3) is 0 Å². The second kappa shape index (κ2) is 9.11. The largest absolute Gasteiger partial charge is 0.425 e. The van der Waals surface area contributed by atoms with Crippen LogP contribution < -0.4 is 0 Å². The molecule has 1 aliphatic rings. The number of nitrogens with one attached hydrogen (secondary N) is 1. The van der Waals surface area contributed by atoms with E-state index in [-0.39, 0.29) is 18.0 Å². The number of H-pyrrole nitrogens is 1. The fourth-order valence-electron chi connectivity index (χ4n) is 4.22. The van der Waals surface area contributed by atoms with Gasteiger partial charge in [0.1, 0.15) is 0 Å². The zero-order chi connectivity index (χ0) is 20.9. The van der Waals surface area contributed by atoms with E-state index >= 15 is 0 Å². The lowest BCUT2D eigenvalue weighted by atomic mass is 9.99. The summed E-state index contributed by atoms with van der Waals surface area (Å²) in [5.41, 5.74) is 2.37. The van der Waals surface area contributed by atoms with Gasteiger partial charge < -0.3 is 14.3 Å². The van der Waals surface area contributed by atoms with Crippen molar-refractivity contribution in [3.8, 4) is 0 Å². The van der Waals surface area contributed by atoms with E-state index < -0.39 is 0 Å². The summed E-state index contributed by atoms with van der Waals surface area (Å²) in [7, 11) is 0. The van der Waals surface area contributed by atoms with Crippen molar-refractivity contribution in [2.75, 3.05) is 0 Å². The van der Waals surface area contributed by atoms with E-state index in [0.29, 0.717) is 31.0 Å². The predicted octanol–water partition coefficient (Wildman–Crippen LogP) is 4.39. The van der Waals surface area contributed by atoms with E-state index in [4.69, 9.17) is 4.42 Å². The first-order chi connectivity index (χ1) is 14.7. The average molecular weight is 405 g/mol. The van der Waals surface area contributed by atoms with Gasteiger partial charge in [0, 0.05) is 48.4 Å². The number of aromatic amines is 1. The minimum Gasteiger partial charge on any atom is -0.425 e. The maximum Gasteiger partial charge on any atom is 0.223 e. The normalized spacial score (nSPS) is 18.8. The minimum absolute atomic E-state index is 0.102. The molecule has 0 saturated heterocycles. The molecule has 0 radical (unpaired) electrons. The summed E-state index contributed by atoms with van der Waals surface area (Å²) in [6, 6.07) is 8.53. The number of aromatic nitrogens is 3. The quantitative estimate of drug-likeness (QED) is 0.565. The number of carbonyl (C=O) groups is 1. The molecule has 0 fully saturated rings. The van der Waals surface area contributed by atoms with Crippen LogP contribution in [0.2, 0.25) is 0 Å². The Morgan fingerprint density at radius 1 is 1.27 bits per heavy atom. The van der Waals surface area contributed by atoms with Gasteiger partial charge in [0.05, 0.1) is 0 Å². The Bertz CT molecular complexity index is 1050. The van der Waals surface area contributed by atoms with E-state index in [2.05, 4.69) is 53.0 Å². The van der Waals surface area contributed by atoms with Crippen molar-refractivity contribution in [3.05, 3.63) is 72.6 Å². The molecular formula is C24H28N4O2. The van der Waals surface area contributed by atoms with Crippen molar-refractivity contribution in [1.29, 1.82) is 0 Å². The first-order valence-corrected chi connectivity index (χ1v) is 10.6. The van der Waals surface area contributed by atoms with E-state index in [1.54, 1.807) is 0 Å². The van der Waals surface area contributed by atoms with E-state index in [1.165, 1.54) is 10.9 Å². The number of hydrogen-bond donors (Lipinski definition) is 1. The number of hydrogen-bond acceptors (Lipinski definition) is 4. The van der Waals surface area contributed by atoms with Crippen molar-refractivity contribution >= 4 is 16.8 Å². The third kappa shape index (κ3) is 4.37. The first kappa shape index (κ1) is 20.1. The fourth-order valence-corrected chi connectivity index (χ4v) is 4.22. The van der Waals surface area contributed by atoms with Crippen LogP contribution in [0.3, 0.4) is 0 Å². The highest BCUT2D eigenvalue weighted by Gasteiger charge is 2.28. The summed E-state index contributed by atoms with van der Waals surface area (Å²) < 4.78 is 5.80. The fraction of sp³-hybridized carbons (Fsp3) is 0.375. The summed E-state index contributed by atoms with van der Waals surface area (Å²) in [5.74, 6) is 1.26. The lowest BCUT2D eigenvalue weighted by molar-refractivity contribution is -0.135. The highest BCUT2D eigenvalue weighted by atomic mass is 16.4. The molecule has 6 heteroatoms. The Hall–Kier alpha value is -3.15. The predicted molar refractivity (Wildman–Crippen MR) is 117 cm³/mol. The summed E-state index contributed by atoms with van der Waals surface area (Å²) in [5, 5.41) is 9.54. The molecule has 1 aliphatic heterocycles. The highest BCUT2D eigenvalue weighted by Crippen LogP contribution is 2.22. The van der Waals surface area contributed by atoms with Crippen LogP contribution in [0.25, 0.3) is 10.9 Å². The Morgan fingerprint density at radius 3 is 2.90 bits per heavy atom. The molecule has 2 atom stereocenters. The van der Waals surface area contributed by atoms with Crippen LogP contribution in [0.4, 0.5) is 0 Å². The van der Waals surface area contributed by atoms with Crippen molar-refractivity contribution < 1.29 is 9.21 Å². The third-order valence-corrected chi connectivity index (χ3v) is 5.73. The molecule has 4 rings (SSSR count). The zero-order valence-corrected chi connectivity index (χ0v) is 17.4. The van der Waals surface area contributed by atoms with Crippen molar-refractivity contribution in [2.24, 2.45) is 0 Å². The third-order valence-electron chi connectivity index (χ3n) is 5.73. The summed E-state index contributed by atoms with van der Waals surface area (Å²) in [6.07, 6.45) is 12.2. The van der Waals surface area contributed by atoms with E-state index in [0.717, 1.165) is 24.8 Å². The van der Waals surface area contributed by atoms with Gasteiger partial charge in [-0.2, -0.15) is 0 Å². The van der Waals surface area contributed by atoms with Crippen LogP contribution >= 0.6 is 0 Å². The number of fused-ring (bicyclic) bond motifs is 1. The number of carbonyl (C=O) groups excluding carboxylic acids is 1. The van der Waals surface area contributed by atoms with Crippen LogP contribution in [0.15, 0.2) is 59.7 Å². The lowest BCUT2D eigenvalue weighted by Gasteiger charge is -2.37. The Balaban J connectivity index is 1.32. The van der Waals surface area contributed by atoms with Crippen LogP contribution in [0.1, 0.15) is 43.5 Å². The van der Waals surface area contributed by atoms with Crippen molar-refractivity contribution in [2.45, 2.75) is 57.5 Å². The standard InChI is InChI=1S/C24H28N4O2/c1-3-7-19-9-6-8-17(2)28(19)24(29)15-14-23-27-26-22(30-23)13-12-18-16-25-21-11-5-4-10-20(18)21/h3-6,8,10-11,16-17,19,25H,1,7,9,12-15H2,2H3/t17-,19-/m1/s1. The Kier molecular flexibility index (Phi) is 6.12. The monoisotopic (exact) mass is 404 g/mol. The molecule has 3 aromatic rings. The van der Waals surface area contributed by atoms with Gasteiger partial charge in [-0.15, -0.1) is 16.8 Å². The molecule has 1 amide bonds. The van der Waals surface area contributed by atoms with Gasteiger partial charge in [0.15, 0.2) is 0 Å². The molecule has 1 aromatic carbocycles. The van der Waals surface area contributed by atoms with Crippen LogP contribution in [0.5, 0.6) is 0 Å². The van der Waals surface area contributed by atoms with Crippen LogP contribution in [0, 0.1) is 0 Å². The molecule has 156 valence electrons. The number of para-hydroxylation sites is 1. The number of amides is 1. The Labute approximate surface area is 176 Å². The molecule has 0 aliphatic carbocycles. The maximum atomic E-state index is 12.8. The van der Waals surface area contributed by atoms with Gasteiger partial charge in [-0.05, 0) is 37.8 Å². The first-order valence-electron chi connectivity index (χ1n) is 10.6. The summed E-state index contributed by atoms with van der Waals surface area (Å²) in [6.45, 7) is 5.88. The van der Waals surface area contributed by atoms with E-state index in [1.807, 2.05) is 29.3 Å². The van der Waals surface area contributed by atoms with E-state index in [9.17, 15) is 4.79 Å². The zero-order valence-electron chi connectivity index (χ0n) is 17.4. The molecule has 2 aromatic heterocycles. The highest BCUT2D eigenvalue weighted by molar-refractivity contribution is 5.83. The van der Waals surface area contributed by atoms with Gasteiger partial charge in [-0.1, -0.05) is 36.4 Å². The number of rotatable bonds is 8. The van der Waals surface area contributed by atoms with Gasteiger partial charge >= 0.3 is 0 Å². The number of aryl methyl sites for hydroxylation is 3. The second-order valence-corrected chi connectivity index (χ2v) is 7.83. The van der Waals surface area contributed by atoms with Gasteiger partial charge in [0.2, 0.25) is 17.7 Å². The molecular weight excluding hydrogens is 376 g/mol. The van der Waals surface area contributed by atoms with Gasteiger partial charge in [-0.3, -0.25) is 4.79 Å². The number of benzene rings is 1. The van der Waals surface area contributed by atoms with Gasteiger partial charge in [-0.25, -0.2) is 0 Å². The van der Waals surface area contributed by atoms with Crippen LogP contribution in [-0.2, 0) is 24.1 Å². The average Bonchev–Trinajstić information content (AvgIpc) is 3.38. The summed E-state index contributed by atoms with van der Waals surface area (Å²) >= 11 is 0. The Morgan fingerprint density at radius 2 is 2.07 bits per heavy atom. The maximum absolute atomic E-state index is 12.8. The molecule has 0 spiro atoms. The summed E-state index contributed by atoms with van der Waals surface area (Å²) in [4.78, 5) is 18.1. The smallest absolute Gasteiger partial charge is 0.223 e. The van der Waals surface area contributed by atoms with Crippen molar-refractivity contribution in [1.82, 2.24) is 20.1 Å². The molecule has 0 saturated carbocycles. The molecule has 3 heterocycles. The van der Waals surface area contributed by atoms with Crippen molar-refractivity contribution in [3.63, 3.8) is 0 Å². The second-order valence-electron chi connectivity index (χ2n) is 7.83. The molecule has 0 unspecified atom stereocenters. The molecule has 30 heavy (non-hydrogen) atoms. The lowest BCUT2D eigenvalue weighted by Crippen LogP contribution is -2.46. The SMILES string of the molecule is C=CC[C@@H]1CC=C[C@@H](C)N1C(=O)CCc1nnc(CCc2c[nH]c3ccccc23)o1. The molecule has 0 bridgehead atoms. The topological polar surface area (TPSA) is 75.0 Å². The molecule has 6 nitrogen and oxygen atoms in total.